The highest BCUT2D eigenvalue weighted by Gasteiger charge is 2.23. The highest BCUT2D eigenvalue weighted by Crippen LogP contribution is 2.19. The van der Waals surface area contributed by atoms with E-state index in [1.807, 2.05) is 38.1 Å². The van der Waals surface area contributed by atoms with Gasteiger partial charge in [-0.25, -0.2) is 4.79 Å². The van der Waals surface area contributed by atoms with Crippen LogP contribution in [0, 0.1) is 10.1 Å². The van der Waals surface area contributed by atoms with Gasteiger partial charge in [-0.3, -0.25) is 14.9 Å². The Morgan fingerprint density at radius 3 is 2.37 bits per heavy atom. The van der Waals surface area contributed by atoms with E-state index in [2.05, 4.69) is 10.2 Å². The molecule has 2 heterocycles. The average molecular weight is 416 g/mol. The second-order valence-electron chi connectivity index (χ2n) is 7.15. The molecule has 10 heteroatoms. The number of anilines is 1. The summed E-state index contributed by atoms with van der Waals surface area (Å²) in [5, 5.41) is 13.3. The normalized spacial score (nSPS) is 14.0. The molecule has 3 rings (SSSR count). The lowest BCUT2D eigenvalue weighted by atomic mass is 10.1. The molecule has 0 unspecified atom stereocenters. The Hall–Kier alpha value is -3.56. The van der Waals surface area contributed by atoms with Crippen LogP contribution in [0.25, 0.3) is 0 Å². The first kappa shape index (κ1) is 21.2. The number of rotatable bonds is 6. The minimum atomic E-state index is -0.692. The molecule has 2 amide bonds. The number of furan rings is 1. The third-order valence-corrected chi connectivity index (χ3v) is 4.62. The van der Waals surface area contributed by atoms with Gasteiger partial charge in [0, 0.05) is 38.4 Å². The molecule has 0 radical (unpaired) electrons. The van der Waals surface area contributed by atoms with Crippen LogP contribution in [0.3, 0.4) is 0 Å². The summed E-state index contributed by atoms with van der Waals surface area (Å²) in [5.74, 6) is -1.09. The van der Waals surface area contributed by atoms with E-state index in [1.54, 1.807) is 4.90 Å². The molecule has 10 nitrogen and oxygen atoms in total. The van der Waals surface area contributed by atoms with E-state index in [9.17, 15) is 19.7 Å². The maximum atomic E-state index is 12.0. The molecule has 1 aromatic heterocycles. The molecule has 1 aromatic carbocycles. The van der Waals surface area contributed by atoms with Gasteiger partial charge >= 0.3 is 12.0 Å². The molecule has 1 aliphatic heterocycles. The molecule has 160 valence electrons. The first-order chi connectivity index (χ1) is 14.3. The predicted octanol–water partition coefficient (Wildman–Crippen LogP) is 2.78. The Morgan fingerprint density at radius 1 is 1.13 bits per heavy atom. The van der Waals surface area contributed by atoms with Crippen LogP contribution in [-0.2, 0) is 11.3 Å². The van der Waals surface area contributed by atoms with Gasteiger partial charge in [-0.1, -0.05) is 12.1 Å². The molecular weight excluding hydrogens is 392 g/mol. The number of nitrogens with one attached hydrogen (secondary N) is 1. The number of amides is 2. The van der Waals surface area contributed by atoms with E-state index >= 15 is 0 Å². The fourth-order valence-corrected chi connectivity index (χ4v) is 3.07. The third-order valence-electron chi connectivity index (χ3n) is 4.62. The van der Waals surface area contributed by atoms with Crippen molar-refractivity contribution in [2.24, 2.45) is 0 Å². The minimum Gasteiger partial charge on any atom is -0.447 e. The van der Waals surface area contributed by atoms with Gasteiger partial charge in [0.15, 0.2) is 5.76 Å². The fourth-order valence-electron chi connectivity index (χ4n) is 3.07. The number of hydrogen-bond acceptors (Lipinski definition) is 7. The summed E-state index contributed by atoms with van der Waals surface area (Å²) in [6, 6.07) is 10.1. The quantitative estimate of drug-likeness (QED) is 0.568. The number of carbonyl (C=O) groups is 2. The van der Waals surface area contributed by atoms with Gasteiger partial charge in [-0.2, -0.15) is 0 Å². The van der Waals surface area contributed by atoms with Crippen molar-refractivity contribution in [1.29, 1.82) is 0 Å². The largest absolute Gasteiger partial charge is 0.447 e. The summed E-state index contributed by atoms with van der Waals surface area (Å²) in [5.41, 5.74) is 1.91. The van der Waals surface area contributed by atoms with Crippen molar-refractivity contribution < 1.29 is 23.7 Å². The van der Waals surface area contributed by atoms with E-state index in [1.165, 1.54) is 6.07 Å². The highest BCUT2D eigenvalue weighted by molar-refractivity contribution is 5.91. The Kier molecular flexibility index (Phi) is 6.55. The maximum Gasteiger partial charge on any atom is 0.433 e. The zero-order valence-electron chi connectivity index (χ0n) is 16.9. The molecule has 2 aromatic rings. The van der Waals surface area contributed by atoms with Gasteiger partial charge < -0.3 is 24.3 Å². The summed E-state index contributed by atoms with van der Waals surface area (Å²) in [6.07, 6.45) is -0.413. The Morgan fingerprint density at radius 2 is 1.80 bits per heavy atom. The van der Waals surface area contributed by atoms with Crippen LogP contribution in [0.5, 0.6) is 0 Å². The van der Waals surface area contributed by atoms with Crippen LogP contribution in [0.15, 0.2) is 40.8 Å². The predicted molar refractivity (Wildman–Crippen MR) is 108 cm³/mol. The molecule has 0 bridgehead atoms. The summed E-state index contributed by atoms with van der Waals surface area (Å²) >= 11 is 0. The topological polar surface area (TPSA) is 118 Å². The first-order valence-electron chi connectivity index (χ1n) is 9.65. The minimum absolute atomic E-state index is 0.104. The van der Waals surface area contributed by atoms with Gasteiger partial charge in [0.05, 0.1) is 12.2 Å². The van der Waals surface area contributed by atoms with Crippen molar-refractivity contribution in [3.63, 3.8) is 0 Å². The van der Waals surface area contributed by atoms with E-state index in [0.717, 1.165) is 17.3 Å². The zero-order valence-corrected chi connectivity index (χ0v) is 16.9. The number of nitro groups is 1. The average Bonchev–Trinajstić information content (AvgIpc) is 3.23. The Bertz CT molecular complexity index is 900. The fraction of sp³-hybridized carbons (Fsp3) is 0.400. The maximum absolute atomic E-state index is 12.0. The lowest BCUT2D eigenvalue weighted by Crippen LogP contribution is -2.49. The zero-order chi connectivity index (χ0) is 21.7. The van der Waals surface area contributed by atoms with Crippen LogP contribution in [0.2, 0.25) is 0 Å². The summed E-state index contributed by atoms with van der Waals surface area (Å²) < 4.78 is 10.1. The summed E-state index contributed by atoms with van der Waals surface area (Å²) in [4.78, 5) is 37.8. The number of nitrogens with zero attached hydrogens (tertiary/aromatic N) is 3. The molecule has 0 atom stereocenters. The SMILES string of the molecule is CC(C)OC(=O)N1CCN(c2ccc(CNC(=O)c3ccc([N+](=O)[O-])o3)cc2)CC1. The van der Waals surface area contributed by atoms with Crippen LogP contribution in [-0.4, -0.2) is 54.1 Å². The van der Waals surface area contributed by atoms with E-state index < -0.39 is 16.7 Å². The molecule has 0 saturated carbocycles. The number of piperazine rings is 1. The van der Waals surface area contributed by atoms with Crippen molar-refractivity contribution >= 4 is 23.6 Å². The van der Waals surface area contributed by atoms with Crippen molar-refractivity contribution in [3.05, 3.63) is 57.8 Å². The summed E-state index contributed by atoms with van der Waals surface area (Å²) in [6.45, 7) is 6.54. The van der Waals surface area contributed by atoms with Crippen LogP contribution in [0.1, 0.15) is 30.0 Å². The van der Waals surface area contributed by atoms with Crippen molar-refractivity contribution in [1.82, 2.24) is 10.2 Å². The van der Waals surface area contributed by atoms with Crippen LogP contribution < -0.4 is 10.2 Å². The lowest BCUT2D eigenvalue weighted by Gasteiger charge is -2.35. The van der Waals surface area contributed by atoms with Gasteiger partial charge in [0.25, 0.3) is 5.91 Å². The molecule has 1 N–H and O–H groups in total. The van der Waals surface area contributed by atoms with Crippen LogP contribution in [0.4, 0.5) is 16.4 Å². The number of ether oxygens (including phenoxy) is 1. The number of benzene rings is 1. The van der Waals surface area contributed by atoms with Crippen molar-refractivity contribution in [2.75, 3.05) is 31.1 Å². The molecule has 0 aliphatic carbocycles. The van der Waals surface area contributed by atoms with Gasteiger partial charge in [-0.15, -0.1) is 0 Å². The Labute approximate surface area is 173 Å². The van der Waals surface area contributed by atoms with E-state index in [-0.39, 0.29) is 24.5 Å². The molecule has 30 heavy (non-hydrogen) atoms. The van der Waals surface area contributed by atoms with Gasteiger partial charge in [-0.05, 0) is 37.6 Å². The van der Waals surface area contributed by atoms with Gasteiger partial charge in [0.2, 0.25) is 0 Å². The van der Waals surface area contributed by atoms with Crippen molar-refractivity contribution in [2.45, 2.75) is 26.5 Å². The lowest BCUT2D eigenvalue weighted by molar-refractivity contribution is -0.402. The second-order valence-corrected chi connectivity index (χ2v) is 7.15. The number of hydrogen-bond donors (Lipinski definition) is 1. The first-order valence-corrected chi connectivity index (χ1v) is 9.65. The number of carbonyl (C=O) groups excluding carboxylic acids is 2. The molecule has 1 fully saturated rings. The van der Waals surface area contributed by atoms with Crippen LogP contribution >= 0.6 is 0 Å². The smallest absolute Gasteiger partial charge is 0.433 e. The molecular formula is C20H24N4O6. The standard InChI is InChI=1S/C20H24N4O6/c1-14(2)29-20(26)23-11-9-22(10-12-23)16-5-3-15(4-6-16)13-21-19(25)17-7-8-18(30-17)24(27)28/h3-8,14H,9-13H2,1-2H3,(H,21,25). The Balaban J connectivity index is 1.48. The van der Waals surface area contributed by atoms with E-state index in [4.69, 9.17) is 9.15 Å². The molecule has 1 saturated heterocycles. The van der Waals surface area contributed by atoms with Crippen molar-refractivity contribution in [3.8, 4) is 0 Å². The van der Waals surface area contributed by atoms with Gasteiger partial charge in [0.1, 0.15) is 4.92 Å². The second kappa shape index (κ2) is 9.29. The third kappa shape index (κ3) is 5.28. The van der Waals surface area contributed by atoms with E-state index in [0.29, 0.717) is 26.2 Å². The highest BCUT2D eigenvalue weighted by atomic mass is 16.6. The molecule has 0 spiro atoms. The summed E-state index contributed by atoms with van der Waals surface area (Å²) in [7, 11) is 0. The molecule has 1 aliphatic rings. The monoisotopic (exact) mass is 416 g/mol.